The minimum Gasteiger partial charge on any atom is -0.495 e. The third kappa shape index (κ3) is 5.90. The van der Waals surface area contributed by atoms with E-state index in [2.05, 4.69) is 4.99 Å². The van der Waals surface area contributed by atoms with Crippen LogP contribution >= 0.6 is 34.8 Å². The van der Waals surface area contributed by atoms with Crippen molar-refractivity contribution in [1.82, 2.24) is 0 Å². The number of carbonyl (C=O) groups is 1. The molecule has 0 aromatic heterocycles. The van der Waals surface area contributed by atoms with E-state index in [1.54, 1.807) is 18.2 Å². The van der Waals surface area contributed by atoms with Gasteiger partial charge in [-0.15, -0.1) is 0 Å². The van der Waals surface area contributed by atoms with E-state index in [9.17, 15) is 4.79 Å². The van der Waals surface area contributed by atoms with E-state index < -0.39 is 5.97 Å². The summed E-state index contributed by atoms with van der Waals surface area (Å²) >= 11 is 18.8. The Morgan fingerprint density at radius 3 is 1.86 bits per heavy atom. The summed E-state index contributed by atoms with van der Waals surface area (Å²) in [5.74, 6) is 1.04. The molecule has 8 nitrogen and oxygen atoms in total. The number of carbonyl (C=O) groups excluding carboxylic acids is 1. The van der Waals surface area contributed by atoms with E-state index >= 15 is 0 Å². The molecule has 0 N–H and O–H groups in total. The second-order valence-corrected chi connectivity index (χ2v) is 8.28. The number of ether oxygens (including phenoxy) is 6. The third-order valence-corrected chi connectivity index (χ3v) is 5.72. The van der Waals surface area contributed by atoms with E-state index in [0.29, 0.717) is 38.5 Å². The number of halogens is 3. The Hall–Kier alpha value is -3.33. The molecule has 3 rings (SSSR count). The summed E-state index contributed by atoms with van der Waals surface area (Å²) in [7, 11) is 7.31. The van der Waals surface area contributed by atoms with Crippen LogP contribution in [0, 0.1) is 0 Å². The first kappa shape index (κ1) is 27.3. The van der Waals surface area contributed by atoms with Crippen LogP contribution in [-0.4, -0.2) is 47.7 Å². The zero-order valence-corrected chi connectivity index (χ0v) is 22.2. The molecule has 0 aliphatic rings. The molecule has 0 saturated heterocycles. The standard InChI is InChI=1S/C25H22Cl3NO7/c1-31-19-11-18(20(32-2)10-16(19)27)29-12-14-6-15(26)9-17(28)23(14)36-25(30)13-7-21(33-3)24(35-5)22(8-13)34-4/h6-12H,1-5H3. The molecule has 0 atom stereocenters. The molecule has 0 aliphatic carbocycles. The first-order chi connectivity index (χ1) is 17.3. The van der Waals surface area contributed by atoms with Crippen molar-refractivity contribution in [3.05, 3.63) is 62.6 Å². The van der Waals surface area contributed by atoms with Gasteiger partial charge in [0.2, 0.25) is 5.75 Å². The summed E-state index contributed by atoms with van der Waals surface area (Å²) in [6, 6.07) is 9.10. The average Bonchev–Trinajstić information content (AvgIpc) is 2.88. The highest BCUT2D eigenvalue weighted by Gasteiger charge is 2.21. The SMILES string of the molecule is COc1cc(N=Cc2cc(Cl)cc(Cl)c2OC(=O)c2cc(OC)c(OC)c(OC)c2)c(OC)cc1Cl. The fraction of sp³-hybridized carbons (Fsp3) is 0.200. The Bertz CT molecular complexity index is 1290. The minimum atomic E-state index is -0.723. The molecule has 0 spiro atoms. The number of rotatable bonds is 9. The molecule has 0 unspecified atom stereocenters. The molecule has 3 aromatic rings. The van der Waals surface area contributed by atoms with Crippen molar-refractivity contribution in [2.45, 2.75) is 0 Å². The largest absolute Gasteiger partial charge is 0.495 e. The second kappa shape index (κ2) is 12.1. The summed E-state index contributed by atoms with van der Waals surface area (Å²) in [6.45, 7) is 0. The maximum absolute atomic E-state index is 13.1. The normalized spacial score (nSPS) is 10.8. The van der Waals surface area contributed by atoms with Gasteiger partial charge in [0.25, 0.3) is 0 Å². The van der Waals surface area contributed by atoms with Crippen LogP contribution in [0.15, 0.2) is 41.4 Å². The van der Waals surface area contributed by atoms with Gasteiger partial charge in [-0.1, -0.05) is 34.8 Å². The van der Waals surface area contributed by atoms with Gasteiger partial charge in [-0.2, -0.15) is 0 Å². The van der Waals surface area contributed by atoms with Crippen molar-refractivity contribution in [1.29, 1.82) is 0 Å². The number of esters is 1. The summed E-state index contributed by atoms with van der Waals surface area (Å²) in [4.78, 5) is 17.5. The van der Waals surface area contributed by atoms with Crippen molar-refractivity contribution in [3.8, 4) is 34.5 Å². The van der Waals surface area contributed by atoms with Gasteiger partial charge in [0.05, 0.1) is 51.2 Å². The molecule has 0 radical (unpaired) electrons. The second-order valence-electron chi connectivity index (χ2n) is 7.03. The molecule has 190 valence electrons. The highest BCUT2D eigenvalue weighted by Crippen LogP contribution is 2.40. The van der Waals surface area contributed by atoms with Gasteiger partial charge >= 0.3 is 5.97 Å². The molecule has 0 amide bonds. The predicted octanol–water partition coefficient (Wildman–Crippen LogP) is 6.66. The van der Waals surface area contributed by atoms with E-state index in [-0.39, 0.29) is 27.8 Å². The van der Waals surface area contributed by atoms with Gasteiger partial charge in [-0.3, -0.25) is 4.99 Å². The molecule has 3 aromatic carbocycles. The lowest BCUT2D eigenvalue weighted by Crippen LogP contribution is -2.11. The van der Waals surface area contributed by atoms with E-state index in [1.165, 1.54) is 60.0 Å². The smallest absolute Gasteiger partial charge is 0.343 e. The Labute approximate surface area is 223 Å². The first-order valence-electron chi connectivity index (χ1n) is 10.2. The van der Waals surface area contributed by atoms with Crippen LogP contribution in [0.4, 0.5) is 5.69 Å². The molecule has 36 heavy (non-hydrogen) atoms. The van der Waals surface area contributed by atoms with Gasteiger partial charge in [-0.25, -0.2) is 4.79 Å². The average molecular weight is 555 g/mol. The summed E-state index contributed by atoms with van der Waals surface area (Å²) < 4.78 is 32.2. The predicted molar refractivity (Wildman–Crippen MR) is 139 cm³/mol. The van der Waals surface area contributed by atoms with Gasteiger partial charge in [0.15, 0.2) is 17.2 Å². The van der Waals surface area contributed by atoms with Gasteiger partial charge in [-0.05, 0) is 24.3 Å². The third-order valence-electron chi connectivity index (χ3n) is 4.93. The van der Waals surface area contributed by atoms with Crippen LogP contribution in [0.3, 0.4) is 0 Å². The fourth-order valence-corrected chi connectivity index (χ4v) is 4.00. The van der Waals surface area contributed by atoms with Crippen LogP contribution in [0.2, 0.25) is 15.1 Å². The highest BCUT2D eigenvalue weighted by atomic mass is 35.5. The number of benzene rings is 3. The Balaban J connectivity index is 2.02. The quantitative estimate of drug-likeness (QED) is 0.166. The van der Waals surface area contributed by atoms with Crippen LogP contribution in [0.1, 0.15) is 15.9 Å². The Morgan fingerprint density at radius 1 is 0.694 bits per heavy atom. The van der Waals surface area contributed by atoms with Crippen LogP contribution < -0.4 is 28.4 Å². The molecule has 11 heteroatoms. The zero-order chi connectivity index (χ0) is 26.4. The highest BCUT2D eigenvalue weighted by molar-refractivity contribution is 6.36. The van der Waals surface area contributed by atoms with Crippen molar-refractivity contribution in [3.63, 3.8) is 0 Å². The van der Waals surface area contributed by atoms with Crippen molar-refractivity contribution in [2.24, 2.45) is 4.99 Å². The molecular weight excluding hydrogens is 533 g/mol. The lowest BCUT2D eigenvalue weighted by atomic mass is 10.1. The summed E-state index contributed by atoms with van der Waals surface area (Å²) in [5, 5.41) is 0.777. The van der Waals surface area contributed by atoms with E-state index in [0.717, 1.165) is 0 Å². The van der Waals surface area contributed by atoms with Gasteiger partial charge in [0, 0.05) is 28.9 Å². The van der Waals surface area contributed by atoms with E-state index in [4.69, 9.17) is 63.2 Å². The first-order valence-corrected chi connectivity index (χ1v) is 11.4. The molecule has 0 bridgehead atoms. The van der Waals surface area contributed by atoms with Crippen molar-refractivity contribution < 1.29 is 33.2 Å². The topological polar surface area (TPSA) is 84.8 Å². The number of nitrogens with zero attached hydrogens (tertiary/aromatic N) is 1. The van der Waals surface area contributed by atoms with Gasteiger partial charge < -0.3 is 28.4 Å². The Morgan fingerprint density at radius 2 is 1.31 bits per heavy atom. The molecule has 0 saturated carbocycles. The monoisotopic (exact) mass is 553 g/mol. The summed E-state index contributed by atoms with van der Waals surface area (Å²) in [6.07, 6.45) is 1.43. The molecular formula is C25H22Cl3NO7. The zero-order valence-electron chi connectivity index (χ0n) is 20.0. The fourth-order valence-electron chi connectivity index (χ4n) is 3.22. The molecule has 0 fully saturated rings. The molecule has 0 heterocycles. The number of methoxy groups -OCH3 is 5. The van der Waals surface area contributed by atoms with Gasteiger partial charge in [0.1, 0.15) is 17.2 Å². The van der Waals surface area contributed by atoms with Crippen LogP contribution in [0.5, 0.6) is 34.5 Å². The maximum Gasteiger partial charge on any atom is 0.343 e. The van der Waals surface area contributed by atoms with Crippen molar-refractivity contribution >= 4 is 52.7 Å². The number of hydrogen-bond acceptors (Lipinski definition) is 8. The lowest BCUT2D eigenvalue weighted by Gasteiger charge is -2.15. The van der Waals surface area contributed by atoms with E-state index in [1.807, 2.05) is 0 Å². The van der Waals surface area contributed by atoms with Crippen LogP contribution in [-0.2, 0) is 0 Å². The van der Waals surface area contributed by atoms with Crippen LogP contribution in [0.25, 0.3) is 0 Å². The maximum atomic E-state index is 13.1. The minimum absolute atomic E-state index is 0.0449. The summed E-state index contributed by atoms with van der Waals surface area (Å²) in [5.41, 5.74) is 0.892. The van der Waals surface area contributed by atoms with Crippen molar-refractivity contribution in [2.75, 3.05) is 35.5 Å². The number of aliphatic imine (C=N–C) groups is 1. The Kier molecular flexibility index (Phi) is 9.14. The molecule has 0 aliphatic heterocycles. The lowest BCUT2D eigenvalue weighted by molar-refractivity contribution is 0.0733. The number of hydrogen-bond donors (Lipinski definition) is 0.